The van der Waals surface area contributed by atoms with Crippen molar-refractivity contribution in [2.75, 3.05) is 7.11 Å². The van der Waals surface area contributed by atoms with Gasteiger partial charge in [-0.1, -0.05) is 36.6 Å². The molecule has 1 saturated carbocycles. The Balaban J connectivity index is 1.54. The van der Waals surface area contributed by atoms with Crippen molar-refractivity contribution in [3.8, 4) is 11.5 Å². The lowest BCUT2D eigenvalue weighted by atomic mass is 9.63. The number of rotatable bonds is 7. The van der Waals surface area contributed by atoms with Crippen molar-refractivity contribution in [1.82, 2.24) is 5.32 Å². The summed E-state index contributed by atoms with van der Waals surface area (Å²) in [5, 5.41) is 2.81. The molecule has 0 aromatic heterocycles. The van der Waals surface area contributed by atoms with Gasteiger partial charge in [0.25, 0.3) is 0 Å². The van der Waals surface area contributed by atoms with Crippen molar-refractivity contribution in [2.45, 2.75) is 50.7 Å². The summed E-state index contributed by atoms with van der Waals surface area (Å²) in [6.07, 6.45) is 1.70. The molecule has 4 rings (SSSR count). The molecule has 2 fully saturated rings. The second-order valence-corrected chi connectivity index (χ2v) is 8.99. The molecule has 0 spiro atoms. The zero-order chi connectivity index (χ0) is 24.5. The Kier molecular flexibility index (Phi) is 6.79. The number of halogens is 2. The number of imide groups is 1. The number of carbonyl (C=O) groups is 3. The van der Waals surface area contributed by atoms with E-state index in [0.29, 0.717) is 29.2 Å². The summed E-state index contributed by atoms with van der Waals surface area (Å²) in [6.45, 7) is 1.57. The van der Waals surface area contributed by atoms with Crippen LogP contribution in [0.4, 0.5) is 4.39 Å². The number of fused-ring (bicyclic) bond motifs is 1. The van der Waals surface area contributed by atoms with Crippen LogP contribution in [0.25, 0.3) is 0 Å². The van der Waals surface area contributed by atoms with Crippen molar-refractivity contribution in [3.05, 3.63) is 58.4 Å². The number of nitrogens with one attached hydrogen (secondary N) is 1. The molecular weight excluding hydrogens is 465 g/mol. The number of esters is 1. The predicted molar refractivity (Wildman–Crippen MR) is 121 cm³/mol. The maximum absolute atomic E-state index is 15.3. The molecule has 2 amide bonds. The van der Waals surface area contributed by atoms with Crippen molar-refractivity contribution >= 4 is 29.4 Å². The van der Waals surface area contributed by atoms with Crippen LogP contribution in [-0.4, -0.2) is 31.0 Å². The molecule has 1 aliphatic heterocycles. The topological polar surface area (TPSA) is 90.9 Å². The van der Waals surface area contributed by atoms with Gasteiger partial charge in [-0.15, -0.1) is 0 Å². The number of benzene rings is 2. The lowest BCUT2D eigenvalue weighted by molar-refractivity contribution is -0.148. The molecule has 1 N–H and O–H groups in total. The molecule has 3 unspecified atom stereocenters. The number of methoxy groups -OCH3 is 1. The van der Waals surface area contributed by atoms with E-state index in [-0.39, 0.29) is 23.8 Å². The Labute approximate surface area is 201 Å². The highest BCUT2D eigenvalue weighted by molar-refractivity contribution is 6.30. The van der Waals surface area contributed by atoms with Gasteiger partial charge in [-0.25, -0.2) is 9.18 Å². The summed E-state index contributed by atoms with van der Waals surface area (Å²) in [5.74, 6) is -1.87. The van der Waals surface area contributed by atoms with E-state index in [2.05, 4.69) is 10.1 Å². The zero-order valence-electron chi connectivity index (χ0n) is 18.9. The molecule has 9 heteroatoms. The molecule has 2 aliphatic rings. The predicted octanol–water partition coefficient (Wildman–Crippen LogP) is 4.08. The van der Waals surface area contributed by atoms with Gasteiger partial charge in [0, 0.05) is 22.2 Å². The molecule has 0 bridgehead atoms. The Morgan fingerprint density at radius 1 is 1.24 bits per heavy atom. The third-order valence-corrected chi connectivity index (χ3v) is 6.78. The Morgan fingerprint density at radius 3 is 2.76 bits per heavy atom. The van der Waals surface area contributed by atoms with Gasteiger partial charge in [-0.2, -0.15) is 0 Å². The Hall–Kier alpha value is -3.13. The van der Waals surface area contributed by atoms with Crippen molar-refractivity contribution in [3.63, 3.8) is 0 Å². The second-order valence-electron chi connectivity index (χ2n) is 8.55. The van der Waals surface area contributed by atoms with Crippen molar-refractivity contribution in [1.29, 1.82) is 0 Å². The third-order valence-electron chi connectivity index (χ3n) is 6.55. The SMILES string of the molecule is COC(=O)C(C)Oc1cc(Cl)ccc1COc1ccc(C23CCCCC2C(=O)NC3=O)c(F)c1. The summed E-state index contributed by atoms with van der Waals surface area (Å²) in [4.78, 5) is 36.7. The molecule has 2 aromatic carbocycles. The third kappa shape index (κ3) is 4.34. The maximum atomic E-state index is 15.3. The summed E-state index contributed by atoms with van der Waals surface area (Å²) >= 11 is 6.07. The van der Waals surface area contributed by atoms with Gasteiger partial charge in [0.1, 0.15) is 23.9 Å². The van der Waals surface area contributed by atoms with Crippen LogP contribution in [-0.2, 0) is 31.1 Å². The van der Waals surface area contributed by atoms with Crippen LogP contribution in [0.3, 0.4) is 0 Å². The normalized spacial score (nSPS) is 22.5. The van der Waals surface area contributed by atoms with Gasteiger partial charge in [0.05, 0.1) is 18.4 Å². The molecule has 3 atom stereocenters. The fourth-order valence-corrected chi connectivity index (χ4v) is 4.99. The van der Waals surface area contributed by atoms with Crippen LogP contribution in [0, 0.1) is 11.7 Å². The largest absolute Gasteiger partial charge is 0.489 e. The average Bonchev–Trinajstić information content (AvgIpc) is 3.08. The lowest BCUT2D eigenvalue weighted by Gasteiger charge is -2.36. The van der Waals surface area contributed by atoms with E-state index in [1.807, 2.05) is 0 Å². The van der Waals surface area contributed by atoms with Crippen LogP contribution in [0.15, 0.2) is 36.4 Å². The summed E-state index contributed by atoms with van der Waals surface area (Å²) in [7, 11) is 1.27. The van der Waals surface area contributed by atoms with Crippen molar-refractivity contribution < 1.29 is 33.0 Å². The smallest absolute Gasteiger partial charge is 0.346 e. The summed E-state index contributed by atoms with van der Waals surface area (Å²) in [5.41, 5.74) is -0.356. The van der Waals surface area contributed by atoms with Gasteiger partial charge in [-0.3, -0.25) is 14.9 Å². The first-order valence-electron chi connectivity index (χ1n) is 11.1. The highest BCUT2D eigenvalue weighted by Crippen LogP contribution is 2.48. The van der Waals surface area contributed by atoms with E-state index in [9.17, 15) is 14.4 Å². The number of carbonyl (C=O) groups excluding carboxylic acids is 3. The van der Waals surface area contributed by atoms with Crippen LogP contribution in [0.2, 0.25) is 5.02 Å². The van der Waals surface area contributed by atoms with Gasteiger partial charge in [0.15, 0.2) is 6.10 Å². The number of hydrogen-bond donors (Lipinski definition) is 1. The van der Waals surface area contributed by atoms with E-state index in [1.54, 1.807) is 31.2 Å². The number of hydrogen-bond acceptors (Lipinski definition) is 6. The quantitative estimate of drug-likeness (QED) is 0.465. The Morgan fingerprint density at radius 2 is 2.03 bits per heavy atom. The van der Waals surface area contributed by atoms with E-state index < -0.39 is 35.1 Å². The van der Waals surface area contributed by atoms with Crippen LogP contribution < -0.4 is 14.8 Å². The van der Waals surface area contributed by atoms with Crippen LogP contribution in [0.5, 0.6) is 11.5 Å². The first-order chi connectivity index (χ1) is 16.3. The fraction of sp³-hybridized carbons (Fsp3) is 0.400. The Bertz CT molecular complexity index is 1140. The molecule has 0 radical (unpaired) electrons. The van der Waals surface area contributed by atoms with Gasteiger partial charge >= 0.3 is 5.97 Å². The fourth-order valence-electron chi connectivity index (χ4n) is 4.83. The molecule has 1 aliphatic carbocycles. The van der Waals surface area contributed by atoms with E-state index >= 15 is 4.39 Å². The second kappa shape index (κ2) is 9.62. The summed E-state index contributed by atoms with van der Waals surface area (Å²) in [6, 6.07) is 9.23. The minimum absolute atomic E-state index is 0.0198. The highest BCUT2D eigenvalue weighted by Gasteiger charge is 2.57. The minimum atomic E-state index is -1.17. The maximum Gasteiger partial charge on any atom is 0.346 e. The number of amides is 2. The first kappa shape index (κ1) is 24.0. The molecule has 2 aromatic rings. The van der Waals surface area contributed by atoms with E-state index in [1.165, 1.54) is 19.2 Å². The van der Waals surface area contributed by atoms with Gasteiger partial charge < -0.3 is 14.2 Å². The minimum Gasteiger partial charge on any atom is -0.489 e. The van der Waals surface area contributed by atoms with E-state index in [4.69, 9.17) is 21.1 Å². The molecule has 180 valence electrons. The zero-order valence-corrected chi connectivity index (χ0v) is 19.6. The first-order valence-corrected chi connectivity index (χ1v) is 11.4. The van der Waals surface area contributed by atoms with Gasteiger partial charge in [-0.05, 0) is 38.0 Å². The average molecular weight is 490 g/mol. The van der Waals surface area contributed by atoms with E-state index in [0.717, 1.165) is 12.8 Å². The molecule has 1 heterocycles. The van der Waals surface area contributed by atoms with Crippen LogP contribution >= 0.6 is 11.6 Å². The number of ether oxygens (including phenoxy) is 3. The standard InChI is InChI=1S/C25H25ClFNO6/c1-14(23(30)32-2)34-21-11-16(26)7-6-15(21)13-33-17-8-9-18(20(27)12-17)25-10-4-3-5-19(25)22(29)28-24(25)31/h6-9,11-12,14,19H,3-5,10,13H2,1-2H3,(H,28,29,31). The molecule has 7 nitrogen and oxygen atoms in total. The molecule has 34 heavy (non-hydrogen) atoms. The van der Waals surface area contributed by atoms with Crippen molar-refractivity contribution in [2.24, 2.45) is 5.92 Å². The summed E-state index contributed by atoms with van der Waals surface area (Å²) < 4.78 is 31.4. The van der Waals surface area contributed by atoms with Gasteiger partial charge in [0.2, 0.25) is 11.8 Å². The highest BCUT2D eigenvalue weighted by atomic mass is 35.5. The lowest BCUT2D eigenvalue weighted by Crippen LogP contribution is -2.42. The van der Waals surface area contributed by atoms with Crippen LogP contribution in [0.1, 0.15) is 43.7 Å². The monoisotopic (exact) mass is 489 g/mol. The molecule has 1 saturated heterocycles. The molecular formula is C25H25ClFNO6.